The first-order valence-corrected chi connectivity index (χ1v) is 6.68. The van der Waals surface area contributed by atoms with E-state index in [1.54, 1.807) is 0 Å². The van der Waals surface area contributed by atoms with E-state index in [1.807, 2.05) is 0 Å². The summed E-state index contributed by atoms with van der Waals surface area (Å²) in [4.78, 5) is 6.80. The molecule has 1 aromatic carbocycles. The SMILES string of the molecule is Nc1nc(N)n(-c2cc(F)c(-c3ccc(F)nc3)c(C(F)(F)F)c2)n1. The molecule has 6 nitrogen and oxygen atoms in total. The molecular formula is C14H9F5N6. The van der Waals surface area contributed by atoms with Crippen LogP contribution in [0.1, 0.15) is 5.56 Å². The van der Waals surface area contributed by atoms with E-state index in [0.717, 1.165) is 29.1 Å². The topological polar surface area (TPSA) is 95.6 Å². The van der Waals surface area contributed by atoms with E-state index in [4.69, 9.17) is 11.5 Å². The van der Waals surface area contributed by atoms with Crippen molar-refractivity contribution in [1.82, 2.24) is 19.7 Å². The van der Waals surface area contributed by atoms with E-state index < -0.39 is 29.1 Å². The average molecular weight is 356 g/mol. The lowest BCUT2D eigenvalue weighted by molar-refractivity contribution is -0.137. The van der Waals surface area contributed by atoms with Gasteiger partial charge in [-0.05, 0) is 18.2 Å². The van der Waals surface area contributed by atoms with Crippen LogP contribution < -0.4 is 11.5 Å². The van der Waals surface area contributed by atoms with Gasteiger partial charge in [-0.15, -0.1) is 5.10 Å². The van der Waals surface area contributed by atoms with Gasteiger partial charge in [0, 0.05) is 23.4 Å². The average Bonchev–Trinajstić information content (AvgIpc) is 2.85. The summed E-state index contributed by atoms with van der Waals surface area (Å²) in [6.45, 7) is 0. The van der Waals surface area contributed by atoms with Crippen molar-refractivity contribution in [3.05, 3.63) is 47.8 Å². The number of halogens is 5. The first-order chi connectivity index (χ1) is 11.7. The van der Waals surface area contributed by atoms with Gasteiger partial charge in [-0.2, -0.15) is 27.2 Å². The van der Waals surface area contributed by atoms with E-state index in [0.29, 0.717) is 6.07 Å². The molecule has 0 spiro atoms. The Morgan fingerprint density at radius 2 is 1.76 bits per heavy atom. The molecule has 25 heavy (non-hydrogen) atoms. The summed E-state index contributed by atoms with van der Waals surface area (Å²) >= 11 is 0. The van der Waals surface area contributed by atoms with Crippen LogP contribution >= 0.6 is 0 Å². The lowest BCUT2D eigenvalue weighted by atomic mass is 9.99. The highest BCUT2D eigenvalue weighted by Gasteiger charge is 2.36. The second kappa shape index (κ2) is 5.69. The maximum absolute atomic E-state index is 14.5. The molecule has 11 heteroatoms. The smallest absolute Gasteiger partial charge is 0.368 e. The fourth-order valence-electron chi connectivity index (χ4n) is 2.29. The molecule has 130 valence electrons. The Morgan fingerprint density at radius 3 is 2.28 bits per heavy atom. The van der Waals surface area contributed by atoms with Gasteiger partial charge >= 0.3 is 6.18 Å². The highest BCUT2D eigenvalue weighted by atomic mass is 19.4. The monoisotopic (exact) mass is 356 g/mol. The number of hydrogen-bond acceptors (Lipinski definition) is 5. The normalized spacial score (nSPS) is 11.7. The minimum absolute atomic E-state index is 0.233. The summed E-state index contributed by atoms with van der Waals surface area (Å²) in [5.74, 6) is -2.70. The predicted octanol–water partition coefficient (Wildman–Crippen LogP) is 2.79. The molecular weight excluding hydrogens is 347 g/mol. The number of hydrogen-bond donors (Lipinski definition) is 2. The Hall–Kier alpha value is -3.24. The molecule has 0 bridgehead atoms. The number of alkyl halides is 3. The van der Waals surface area contributed by atoms with Crippen LogP contribution in [0.25, 0.3) is 16.8 Å². The summed E-state index contributed by atoms with van der Waals surface area (Å²) in [5, 5.41) is 3.62. The summed E-state index contributed by atoms with van der Waals surface area (Å²) in [6, 6.07) is 3.26. The molecule has 0 atom stereocenters. The Kier molecular flexibility index (Phi) is 3.78. The number of pyridine rings is 1. The molecule has 3 rings (SSSR count). The van der Waals surface area contributed by atoms with Crippen LogP contribution in [0.2, 0.25) is 0 Å². The van der Waals surface area contributed by atoms with E-state index >= 15 is 0 Å². The van der Waals surface area contributed by atoms with Crippen LogP contribution in [0.4, 0.5) is 33.8 Å². The minimum atomic E-state index is -4.90. The number of nitrogens with two attached hydrogens (primary N) is 2. The summed E-state index contributed by atoms with van der Waals surface area (Å²) < 4.78 is 68.5. The standard InChI is InChI=1S/C14H9F5N6/c15-9-4-7(25-13(21)23-12(20)24-25)3-8(14(17,18)19)11(9)6-1-2-10(16)22-5-6/h1-5H,(H4,20,21,23,24). The molecule has 3 aromatic rings. The molecule has 0 saturated heterocycles. The maximum atomic E-state index is 14.5. The summed E-state index contributed by atoms with van der Waals surface area (Å²) in [6.07, 6.45) is -4.09. The van der Waals surface area contributed by atoms with Gasteiger partial charge in [-0.1, -0.05) is 0 Å². The fourth-order valence-corrected chi connectivity index (χ4v) is 2.29. The lowest BCUT2D eigenvalue weighted by Gasteiger charge is -2.16. The van der Waals surface area contributed by atoms with Crippen molar-refractivity contribution < 1.29 is 22.0 Å². The first-order valence-electron chi connectivity index (χ1n) is 6.68. The van der Waals surface area contributed by atoms with Crippen molar-refractivity contribution >= 4 is 11.9 Å². The molecule has 0 unspecified atom stereocenters. The van der Waals surface area contributed by atoms with Crippen molar-refractivity contribution in [2.45, 2.75) is 6.18 Å². The summed E-state index contributed by atoms with van der Waals surface area (Å²) in [5.41, 5.74) is 8.22. The van der Waals surface area contributed by atoms with Gasteiger partial charge in [0.15, 0.2) is 0 Å². The Morgan fingerprint density at radius 1 is 1.04 bits per heavy atom. The van der Waals surface area contributed by atoms with Crippen LogP contribution in [-0.2, 0) is 6.18 Å². The zero-order valence-corrected chi connectivity index (χ0v) is 12.2. The molecule has 0 saturated carbocycles. The Bertz CT molecular complexity index is 932. The molecule has 0 aliphatic heterocycles. The van der Waals surface area contributed by atoms with Gasteiger partial charge in [-0.25, -0.2) is 9.37 Å². The third-order valence-electron chi connectivity index (χ3n) is 3.29. The van der Waals surface area contributed by atoms with Gasteiger partial charge in [0.1, 0.15) is 5.82 Å². The second-order valence-electron chi connectivity index (χ2n) is 4.96. The molecule has 0 fully saturated rings. The van der Waals surface area contributed by atoms with Crippen molar-refractivity contribution in [2.24, 2.45) is 0 Å². The fraction of sp³-hybridized carbons (Fsp3) is 0.0714. The van der Waals surface area contributed by atoms with Gasteiger partial charge in [0.25, 0.3) is 0 Å². The van der Waals surface area contributed by atoms with E-state index in [2.05, 4.69) is 15.1 Å². The van der Waals surface area contributed by atoms with Gasteiger partial charge < -0.3 is 11.5 Å². The van der Waals surface area contributed by atoms with Crippen LogP contribution in [0.3, 0.4) is 0 Å². The minimum Gasteiger partial charge on any atom is -0.368 e. The number of anilines is 2. The van der Waals surface area contributed by atoms with E-state index in [-0.39, 0.29) is 23.1 Å². The molecule has 0 radical (unpaired) electrons. The molecule has 0 aliphatic carbocycles. The third-order valence-corrected chi connectivity index (χ3v) is 3.29. The summed E-state index contributed by atoms with van der Waals surface area (Å²) in [7, 11) is 0. The predicted molar refractivity (Wildman–Crippen MR) is 78.3 cm³/mol. The van der Waals surface area contributed by atoms with Crippen LogP contribution in [0.5, 0.6) is 0 Å². The number of nitrogen functional groups attached to an aromatic ring is 2. The van der Waals surface area contributed by atoms with Crippen molar-refractivity contribution in [3.63, 3.8) is 0 Å². The van der Waals surface area contributed by atoms with E-state index in [1.165, 1.54) is 0 Å². The number of rotatable bonds is 2. The number of nitrogens with zero attached hydrogens (tertiary/aromatic N) is 4. The van der Waals surface area contributed by atoms with Crippen molar-refractivity contribution in [3.8, 4) is 16.8 Å². The van der Waals surface area contributed by atoms with Crippen molar-refractivity contribution in [2.75, 3.05) is 11.5 Å². The molecule has 0 amide bonds. The molecule has 2 heterocycles. The van der Waals surface area contributed by atoms with Crippen LogP contribution in [0, 0.1) is 11.8 Å². The molecule has 0 aliphatic rings. The third kappa shape index (κ3) is 3.07. The Labute approximate surface area is 136 Å². The quantitative estimate of drug-likeness (QED) is 0.544. The zero-order chi connectivity index (χ0) is 18.4. The highest BCUT2D eigenvalue weighted by Crippen LogP contribution is 2.40. The first kappa shape index (κ1) is 16.6. The van der Waals surface area contributed by atoms with E-state index in [9.17, 15) is 22.0 Å². The number of benzene rings is 1. The van der Waals surface area contributed by atoms with Crippen LogP contribution in [0.15, 0.2) is 30.5 Å². The van der Waals surface area contributed by atoms with Crippen LogP contribution in [-0.4, -0.2) is 19.7 Å². The number of aromatic nitrogens is 4. The van der Waals surface area contributed by atoms with Gasteiger partial charge in [0.2, 0.25) is 17.8 Å². The molecule has 4 N–H and O–H groups in total. The lowest BCUT2D eigenvalue weighted by Crippen LogP contribution is -2.12. The van der Waals surface area contributed by atoms with Gasteiger partial charge in [-0.3, -0.25) is 0 Å². The van der Waals surface area contributed by atoms with Gasteiger partial charge in [0.05, 0.1) is 11.3 Å². The second-order valence-corrected chi connectivity index (χ2v) is 4.96. The van der Waals surface area contributed by atoms with Crippen molar-refractivity contribution in [1.29, 1.82) is 0 Å². The zero-order valence-electron chi connectivity index (χ0n) is 12.2. The Balaban J connectivity index is 2.26. The maximum Gasteiger partial charge on any atom is 0.417 e. The molecule has 2 aromatic heterocycles. The highest BCUT2D eigenvalue weighted by molar-refractivity contribution is 5.70. The largest absolute Gasteiger partial charge is 0.417 e.